The summed E-state index contributed by atoms with van der Waals surface area (Å²) in [6.07, 6.45) is 0. The lowest BCUT2D eigenvalue weighted by Crippen LogP contribution is -2.71. The van der Waals surface area contributed by atoms with Crippen molar-refractivity contribution in [2.75, 3.05) is 26.4 Å². The van der Waals surface area contributed by atoms with E-state index in [-0.39, 0.29) is 0 Å². The van der Waals surface area contributed by atoms with Crippen molar-refractivity contribution in [1.29, 1.82) is 0 Å². The fourth-order valence-electron chi connectivity index (χ4n) is 2.95. The van der Waals surface area contributed by atoms with E-state index < -0.39 is 30.4 Å². The van der Waals surface area contributed by atoms with Gasteiger partial charge in [-0.05, 0) is 40.8 Å². The van der Waals surface area contributed by atoms with Crippen molar-refractivity contribution in [3.8, 4) is 0 Å². The van der Waals surface area contributed by atoms with Crippen LogP contribution in [-0.2, 0) is 22.8 Å². The summed E-state index contributed by atoms with van der Waals surface area (Å²) in [5, 5.41) is 0. The van der Waals surface area contributed by atoms with Crippen molar-refractivity contribution in [3.05, 3.63) is 0 Å². The molecule has 1 aliphatic rings. The molecular formula is C12H30O5Si3. The second-order valence-corrected chi connectivity index (χ2v) is 25.0. The largest absolute Gasteiger partial charge is 0.397 e. The minimum atomic E-state index is -2.20. The van der Waals surface area contributed by atoms with Crippen molar-refractivity contribution >= 4 is 24.5 Å². The van der Waals surface area contributed by atoms with E-state index in [0.29, 0.717) is 32.5 Å². The van der Waals surface area contributed by atoms with E-state index in [0.717, 1.165) is 0 Å². The molecule has 1 saturated heterocycles. The Bertz CT molecular complexity index is 263. The molecule has 0 N–H and O–H groups in total. The second kappa shape index (κ2) is 7.63. The number of rotatable bonds is 8. The SMILES string of the molecule is CCOC1(OCC)C[Si](OCC)(OCC)[SiH2][Si](C)(C)O1. The molecule has 0 atom stereocenters. The van der Waals surface area contributed by atoms with Crippen LogP contribution < -0.4 is 0 Å². The van der Waals surface area contributed by atoms with E-state index in [1.165, 1.54) is 0 Å². The fourth-order valence-corrected chi connectivity index (χ4v) is 31.3. The van der Waals surface area contributed by atoms with E-state index in [1.807, 2.05) is 27.7 Å². The Labute approximate surface area is 127 Å². The summed E-state index contributed by atoms with van der Waals surface area (Å²) in [7, 11) is -4.54. The molecule has 0 aromatic carbocycles. The van der Waals surface area contributed by atoms with Gasteiger partial charge >= 0.3 is 8.08 Å². The highest BCUT2D eigenvalue weighted by atomic mass is 29.6. The topological polar surface area (TPSA) is 46.2 Å². The molecule has 0 aliphatic carbocycles. The molecule has 0 aromatic rings. The van der Waals surface area contributed by atoms with E-state index in [1.54, 1.807) is 0 Å². The van der Waals surface area contributed by atoms with Gasteiger partial charge in [0.15, 0.2) is 7.83 Å². The maximum absolute atomic E-state index is 6.32. The minimum absolute atomic E-state index is 0.530. The first-order valence-electron chi connectivity index (χ1n) is 7.62. The number of hydrogen-bond donors (Lipinski definition) is 0. The molecule has 1 heterocycles. The van der Waals surface area contributed by atoms with Crippen LogP contribution in [0.25, 0.3) is 0 Å². The average molecular weight is 339 g/mol. The van der Waals surface area contributed by atoms with Crippen LogP contribution in [0, 0.1) is 0 Å². The van der Waals surface area contributed by atoms with Gasteiger partial charge < -0.3 is 22.8 Å². The van der Waals surface area contributed by atoms with Crippen LogP contribution in [0.2, 0.25) is 19.1 Å². The average Bonchev–Trinajstić information content (AvgIpc) is 2.27. The van der Waals surface area contributed by atoms with E-state index in [2.05, 4.69) is 13.1 Å². The van der Waals surface area contributed by atoms with Gasteiger partial charge in [0, 0.05) is 26.4 Å². The van der Waals surface area contributed by atoms with Crippen LogP contribution >= 0.6 is 0 Å². The van der Waals surface area contributed by atoms with Gasteiger partial charge in [0.1, 0.15) is 8.55 Å². The highest BCUT2D eigenvalue weighted by molar-refractivity contribution is 7.48. The first-order chi connectivity index (χ1) is 9.36. The molecule has 0 amide bonds. The molecule has 8 heteroatoms. The lowest BCUT2D eigenvalue weighted by Gasteiger charge is -2.49. The summed E-state index contributed by atoms with van der Waals surface area (Å²) in [6, 6.07) is 0.645. The molecule has 0 saturated carbocycles. The number of ether oxygens (including phenoxy) is 2. The Kier molecular flexibility index (Phi) is 7.06. The van der Waals surface area contributed by atoms with Gasteiger partial charge in [-0.1, -0.05) is 0 Å². The third-order valence-electron chi connectivity index (χ3n) is 3.16. The normalized spacial score (nSPS) is 24.9. The highest BCUT2D eigenvalue weighted by Gasteiger charge is 2.59. The van der Waals surface area contributed by atoms with Crippen molar-refractivity contribution in [1.82, 2.24) is 0 Å². The number of hydrogen-bond acceptors (Lipinski definition) is 5. The zero-order valence-corrected chi connectivity index (χ0v) is 17.2. The minimum Gasteiger partial charge on any atom is -0.397 e. The molecule has 0 radical (unpaired) electrons. The van der Waals surface area contributed by atoms with E-state index in [9.17, 15) is 0 Å². The quantitative estimate of drug-likeness (QED) is 0.497. The Balaban J connectivity index is 3.07. The maximum Gasteiger partial charge on any atom is 0.316 e. The van der Waals surface area contributed by atoms with Gasteiger partial charge in [-0.3, -0.25) is 0 Å². The van der Waals surface area contributed by atoms with Gasteiger partial charge in [0.25, 0.3) is 5.97 Å². The third-order valence-corrected chi connectivity index (χ3v) is 27.1. The molecular weight excluding hydrogens is 308 g/mol. The van der Waals surface area contributed by atoms with Gasteiger partial charge in [0.05, 0.1) is 6.04 Å². The van der Waals surface area contributed by atoms with Gasteiger partial charge in [-0.2, -0.15) is 0 Å². The Morgan fingerprint density at radius 1 is 0.950 bits per heavy atom. The van der Waals surface area contributed by atoms with Crippen molar-refractivity contribution < 1.29 is 22.8 Å². The van der Waals surface area contributed by atoms with E-state index >= 15 is 0 Å². The fraction of sp³-hybridized carbons (Fsp3) is 1.00. The maximum atomic E-state index is 6.32. The summed E-state index contributed by atoms with van der Waals surface area (Å²) >= 11 is 0. The Morgan fingerprint density at radius 3 is 1.85 bits per heavy atom. The first-order valence-corrected chi connectivity index (χ1v) is 17.2. The predicted molar refractivity (Wildman–Crippen MR) is 86.9 cm³/mol. The highest BCUT2D eigenvalue weighted by Crippen LogP contribution is 2.37. The predicted octanol–water partition coefficient (Wildman–Crippen LogP) is 1.63. The molecule has 0 spiro atoms. The summed E-state index contributed by atoms with van der Waals surface area (Å²) in [6.45, 7) is 15.0. The first kappa shape index (κ1) is 18.5. The van der Waals surface area contributed by atoms with Crippen LogP contribution in [0.5, 0.6) is 0 Å². The van der Waals surface area contributed by atoms with Crippen LogP contribution in [-0.4, -0.2) is 56.9 Å². The molecule has 5 nitrogen and oxygen atoms in total. The molecule has 0 unspecified atom stereocenters. The summed E-state index contributed by atoms with van der Waals surface area (Å²) in [4.78, 5) is 0. The standard InChI is InChI=1S/C12H30O5Si3/c1-7-13-12(14-8-2)11-20(15-9-3,16-10-4)18-19(5,6)17-12/h7-11,18H2,1-6H3. The van der Waals surface area contributed by atoms with Gasteiger partial charge in [0.2, 0.25) is 0 Å². The van der Waals surface area contributed by atoms with Crippen LogP contribution in [0.15, 0.2) is 0 Å². The molecule has 0 aromatic heterocycles. The van der Waals surface area contributed by atoms with E-state index in [4.69, 9.17) is 22.8 Å². The second-order valence-electron chi connectivity index (χ2n) is 5.54. The molecule has 120 valence electrons. The van der Waals surface area contributed by atoms with Crippen LogP contribution in [0.4, 0.5) is 0 Å². The van der Waals surface area contributed by atoms with Gasteiger partial charge in [-0.15, -0.1) is 0 Å². The molecule has 0 bridgehead atoms. The zero-order chi connectivity index (χ0) is 15.3. The molecule has 1 rings (SSSR count). The smallest absolute Gasteiger partial charge is 0.316 e. The molecule has 20 heavy (non-hydrogen) atoms. The van der Waals surface area contributed by atoms with Crippen molar-refractivity contribution in [2.45, 2.75) is 52.8 Å². The monoisotopic (exact) mass is 338 g/mol. The van der Waals surface area contributed by atoms with Crippen molar-refractivity contribution in [2.24, 2.45) is 0 Å². The summed E-state index contributed by atoms with van der Waals surface area (Å²) in [5.74, 6) is -0.943. The third kappa shape index (κ3) is 4.73. The molecule has 1 aliphatic heterocycles. The van der Waals surface area contributed by atoms with Gasteiger partial charge in [-0.25, -0.2) is 0 Å². The Hall–Kier alpha value is 0.451. The summed E-state index contributed by atoms with van der Waals surface area (Å²) < 4.78 is 30.4. The van der Waals surface area contributed by atoms with Crippen LogP contribution in [0.3, 0.4) is 0 Å². The lowest BCUT2D eigenvalue weighted by molar-refractivity contribution is -0.335. The van der Waals surface area contributed by atoms with Crippen LogP contribution in [0.1, 0.15) is 27.7 Å². The summed E-state index contributed by atoms with van der Waals surface area (Å²) in [5.41, 5.74) is 0. The van der Waals surface area contributed by atoms with Crippen molar-refractivity contribution in [3.63, 3.8) is 0 Å². The Morgan fingerprint density at radius 2 is 1.45 bits per heavy atom. The zero-order valence-electron chi connectivity index (χ0n) is 13.8. The molecule has 1 fully saturated rings. The lowest BCUT2D eigenvalue weighted by atomic mass is 10.6.